The summed E-state index contributed by atoms with van der Waals surface area (Å²) >= 11 is 3.37. The highest BCUT2D eigenvalue weighted by atomic mass is 79.9. The molecule has 0 radical (unpaired) electrons. The zero-order valence-corrected chi connectivity index (χ0v) is 10.9. The fourth-order valence-corrected chi connectivity index (χ4v) is 2.90. The van der Waals surface area contributed by atoms with Crippen molar-refractivity contribution in [2.75, 3.05) is 0 Å². The summed E-state index contributed by atoms with van der Waals surface area (Å²) in [6, 6.07) is 5.08. The smallest absolute Gasteiger partial charge is 0.126 e. The molecule has 0 saturated heterocycles. The lowest BCUT2D eigenvalue weighted by molar-refractivity contribution is 0.291. The molecule has 1 aromatic rings. The zero-order chi connectivity index (χ0) is 11.6. The number of halogens is 2. The van der Waals surface area contributed by atoms with Crippen molar-refractivity contribution in [2.45, 2.75) is 44.1 Å². The fourth-order valence-electron chi connectivity index (χ4n) is 2.49. The highest BCUT2D eigenvalue weighted by Gasteiger charge is 2.28. The number of hydrogen-bond acceptors (Lipinski definition) is 1. The molecule has 1 nitrogen and oxygen atoms in total. The van der Waals surface area contributed by atoms with Crippen molar-refractivity contribution in [3.8, 4) is 0 Å². The van der Waals surface area contributed by atoms with Crippen molar-refractivity contribution < 1.29 is 4.39 Å². The Hall–Kier alpha value is -0.410. The summed E-state index contributed by atoms with van der Waals surface area (Å²) in [6.45, 7) is 0. The topological polar surface area (TPSA) is 26.0 Å². The summed E-state index contributed by atoms with van der Waals surface area (Å²) in [5.41, 5.74) is 6.87. The highest BCUT2D eigenvalue weighted by Crippen LogP contribution is 2.30. The van der Waals surface area contributed by atoms with E-state index in [1.54, 1.807) is 6.07 Å². The van der Waals surface area contributed by atoms with Crippen LogP contribution in [-0.4, -0.2) is 5.54 Å². The molecule has 0 bridgehead atoms. The van der Waals surface area contributed by atoms with Crippen LogP contribution in [0.4, 0.5) is 4.39 Å². The Morgan fingerprint density at radius 2 is 1.94 bits per heavy atom. The first-order chi connectivity index (χ1) is 7.59. The van der Waals surface area contributed by atoms with Crippen LogP contribution in [0.25, 0.3) is 0 Å². The highest BCUT2D eigenvalue weighted by molar-refractivity contribution is 9.10. The van der Waals surface area contributed by atoms with Crippen LogP contribution in [0.15, 0.2) is 22.7 Å². The molecule has 16 heavy (non-hydrogen) atoms. The Kier molecular flexibility index (Phi) is 3.65. The van der Waals surface area contributed by atoms with Crippen molar-refractivity contribution in [3.05, 3.63) is 34.1 Å². The number of benzene rings is 1. The molecule has 0 amide bonds. The second-order valence-electron chi connectivity index (χ2n) is 4.84. The molecule has 0 spiro atoms. The van der Waals surface area contributed by atoms with Crippen molar-refractivity contribution in [3.63, 3.8) is 0 Å². The third-order valence-corrected chi connectivity index (χ3v) is 3.89. The van der Waals surface area contributed by atoms with E-state index in [4.69, 9.17) is 5.73 Å². The van der Waals surface area contributed by atoms with Gasteiger partial charge >= 0.3 is 0 Å². The molecule has 1 aliphatic rings. The summed E-state index contributed by atoms with van der Waals surface area (Å²) in [5.74, 6) is -0.140. The first-order valence-electron chi connectivity index (χ1n) is 5.82. The number of nitrogens with two attached hydrogens (primary N) is 1. The standard InChI is InChI=1S/C13H17BrFN/c14-11-4-5-12(15)10(8-11)9-13(16)6-2-1-3-7-13/h4-5,8H,1-3,6-7,9,16H2. The van der Waals surface area contributed by atoms with Crippen LogP contribution >= 0.6 is 15.9 Å². The number of hydrogen-bond donors (Lipinski definition) is 1. The molecule has 0 aliphatic heterocycles. The lowest BCUT2D eigenvalue weighted by Crippen LogP contribution is -2.43. The predicted molar refractivity (Wildman–Crippen MR) is 67.8 cm³/mol. The normalized spacial score (nSPS) is 19.7. The molecule has 1 saturated carbocycles. The van der Waals surface area contributed by atoms with Gasteiger partial charge in [-0.1, -0.05) is 35.2 Å². The van der Waals surface area contributed by atoms with E-state index in [0.29, 0.717) is 6.42 Å². The van der Waals surface area contributed by atoms with Gasteiger partial charge < -0.3 is 5.73 Å². The van der Waals surface area contributed by atoms with Gasteiger partial charge in [-0.25, -0.2) is 4.39 Å². The van der Waals surface area contributed by atoms with E-state index < -0.39 is 0 Å². The van der Waals surface area contributed by atoms with Gasteiger partial charge in [-0.15, -0.1) is 0 Å². The van der Waals surface area contributed by atoms with Crippen LogP contribution in [-0.2, 0) is 6.42 Å². The quantitative estimate of drug-likeness (QED) is 0.879. The maximum absolute atomic E-state index is 13.6. The molecule has 0 atom stereocenters. The van der Waals surface area contributed by atoms with Crippen molar-refractivity contribution in [1.29, 1.82) is 0 Å². The molecule has 0 aromatic heterocycles. The first kappa shape index (κ1) is 12.1. The van der Waals surface area contributed by atoms with Crippen LogP contribution in [0, 0.1) is 5.82 Å². The fraction of sp³-hybridized carbons (Fsp3) is 0.538. The van der Waals surface area contributed by atoms with Crippen LogP contribution < -0.4 is 5.73 Å². The van der Waals surface area contributed by atoms with Crippen LogP contribution in [0.3, 0.4) is 0 Å². The van der Waals surface area contributed by atoms with Crippen LogP contribution in [0.5, 0.6) is 0 Å². The van der Waals surface area contributed by atoms with Gasteiger partial charge in [0.1, 0.15) is 5.82 Å². The maximum Gasteiger partial charge on any atom is 0.126 e. The minimum Gasteiger partial charge on any atom is -0.325 e. The largest absolute Gasteiger partial charge is 0.325 e. The Balaban J connectivity index is 2.15. The first-order valence-corrected chi connectivity index (χ1v) is 6.61. The van der Waals surface area contributed by atoms with E-state index in [2.05, 4.69) is 15.9 Å². The second-order valence-corrected chi connectivity index (χ2v) is 5.75. The summed E-state index contributed by atoms with van der Waals surface area (Å²) in [6.07, 6.45) is 6.29. The molecule has 2 N–H and O–H groups in total. The average Bonchev–Trinajstić information content (AvgIpc) is 2.24. The van der Waals surface area contributed by atoms with E-state index in [1.807, 2.05) is 6.07 Å². The molecule has 1 aromatic carbocycles. The van der Waals surface area contributed by atoms with E-state index in [0.717, 1.165) is 22.9 Å². The summed E-state index contributed by atoms with van der Waals surface area (Å²) in [7, 11) is 0. The monoisotopic (exact) mass is 285 g/mol. The molecule has 0 heterocycles. The molecule has 88 valence electrons. The number of rotatable bonds is 2. The average molecular weight is 286 g/mol. The molecule has 0 unspecified atom stereocenters. The van der Waals surface area contributed by atoms with Gasteiger partial charge in [0.2, 0.25) is 0 Å². The second kappa shape index (κ2) is 4.84. The van der Waals surface area contributed by atoms with Gasteiger partial charge in [-0.3, -0.25) is 0 Å². The van der Waals surface area contributed by atoms with Gasteiger partial charge in [0, 0.05) is 10.0 Å². The molecular formula is C13H17BrFN. The molecule has 2 rings (SSSR count). The van der Waals surface area contributed by atoms with Gasteiger partial charge in [0.15, 0.2) is 0 Å². The van der Waals surface area contributed by atoms with Gasteiger partial charge in [0.25, 0.3) is 0 Å². The Morgan fingerprint density at radius 3 is 2.62 bits per heavy atom. The van der Waals surface area contributed by atoms with Gasteiger partial charge in [-0.2, -0.15) is 0 Å². The van der Waals surface area contributed by atoms with Crippen molar-refractivity contribution in [1.82, 2.24) is 0 Å². The van der Waals surface area contributed by atoms with E-state index >= 15 is 0 Å². The van der Waals surface area contributed by atoms with E-state index in [9.17, 15) is 4.39 Å². The minimum atomic E-state index is -0.195. The third-order valence-electron chi connectivity index (χ3n) is 3.40. The lowest BCUT2D eigenvalue weighted by Gasteiger charge is -2.33. The van der Waals surface area contributed by atoms with Gasteiger partial charge in [-0.05, 0) is 43.0 Å². The SMILES string of the molecule is NC1(Cc2cc(Br)ccc2F)CCCCC1. The summed E-state index contributed by atoms with van der Waals surface area (Å²) in [5, 5.41) is 0. The Labute approximate surface area is 104 Å². The van der Waals surface area contributed by atoms with E-state index in [1.165, 1.54) is 25.3 Å². The van der Waals surface area contributed by atoms with Crippen LogP contribution in [0.2, 0.25) is 0 Å². The Bertz CT molecular complexity index is 372. The summed E-state index contributed by atoms with van der Waals surface area (Å²) in [4.78, 5) is 0. The maximum atomic E-state index is 13.6. The summed E-state index contributed by atoms with van der Waals surface area (Å²) < 4.78 is 14.5. The zero-order valence-electron chi connectivity index (χ0n) is 9.31. The molecule has 1 fully saturated rings. The van der Waals surface area contributed by atoms with Crippen LogP contribution in [0.1, 0.15) is 37.7 Å². The molecular weight excluding hydrogens is 269 g/mol. The lowest BCUT2D eigenvalue weighted by atomic mass is 9.78. The van der Waals surface area contributed by atoms with Crippen molar-refractivity contribution >= 4 is 15.9 Å². The third kappa shape index (κ3) is 2.83. The minimum absolute atomic E-state index is 0.140. The van der Waals surface area contributed by atoms with Gasteiger partial charge in [0.05, 0.1) is 0 Å². The molecule has 3 heteroatoms. The predicted octanol–water partition coefficient (Wildman–Crippen LogP) is 3.79. The molecule has 1 aliphatic carbocycles. The van der Waals surface area contributed by atoms with E-state index in [-0.39, 0.29) is 11.4 Å². The Morgan fingerprint density at radius 1 is 1.25 bits per heavy atom. The van der Waals surface area contributed by atoms with Crippen molar-refractivity contribution in [2.24, 2.45) is 5.73 Å².